The van der Waals surface area contributed by atoms with E-state index >= 15 is 0 Å². The summed E-state index contributed by atoms with van der Waals surface area (Å²) in [7, 11) is 1.67. The first-order valence-corrected chi connectivity index (χ1v) is 7.52. The highest BCUT2D eigenvalue weighted by atomic mass is 32.2. The Balaban J connectivity index is 1.65. The number of nitrogens with zero attached hydrogens (tertiary/aromatic N) is 5. The molecule has 1 amide bonds. The van der Waals surface area contributed by atoms with E-state index in [1.165, 1.54) is 16.7 Å². The molecule has 7 nitrogen and oxygen atoms in total. The summed E-state index contributed by atoms with van der Waals surface area (Å²) in [5.41, 5.74) is 1.39. The van der Waals surface area contributed by atoms with Crippen LogP contribution in [0.1, 0.15) is 30.6 Å². The zero-order valence-corrected chi connectivity index (χ0v) is 12.1. The van der Waals surface area contributed by atoms with Crippen LogP contribution in [0.25, 0.3) is 0 Å². The van der Waals surface area contributed by atoms with Gasteiger partial charge in [0, 0.05) is 17.5 Å². The summed E-state index contributed by atoms with van der Waals surface area (Å²) in [6.45, 7) is 0. The second-order valence-electron chi connectivity index (χ2n) is 5.26. The second-order valence-corrected chi connectivity index (χ2v) is 6.30. The fourth-order valence-electron chi connectivity index (χ4n) is 2.45. The van der Waals surface area contributed by atoms with E-state index in [2.05, 4.69) is 15.5 Å². The van der Waals surface area contributed by atoms with Crippen LogP contribution in [0.5, 0.6) is 0 Å². The molecule has 1 aromatic heterocycles. The van der Waals surface area contributed by atoms with Crippen molar-refractivity contribution >= 4 is 23.4 Å². The van der Waals surface area contributed by atoms with Crippen molar-refractivity contribution in [3.63, 3.8) is 0 Å². The normalized spacial score (nSPS) is 21.0. The van der Waals surface area contributed by atoms with Crippen molar-refractivity contribution in [2.75, 3.05) is 11.9 Å². The number of hydrogen-bond acceptors (Lipinski definition) is 6. The number of rotatable bonds is 3. The standard InChI is InChI=1S/C13H13N5O2S/c1-17-10-6-8(4-5-9(10)11(19)12(17)20)21-13-14-15-16-18(13)7-2-3-7/h4-7,11,19H,2-3H2,1H3. The number of aliphatic hydroxyl groups is 1. The summed E-state index contributed by atoms with van der Waals surface area (Å²) in [4.78, 5) is 14.2. The minimum Gasteiger partial charge on any atom is -0.378 e. The SMILES string of the molecule is CN1C(=O)C(O)c2ccc(Sc3nnnn3C3CC3)cc21. The lowest BCUT2D eigenvalue weighted by Gasteiger charge is -2.10. The van der Waals surface area contributed by atoms with Gasteiger partial charge in [0.15, 0.2) is 6.10 Å². The number of aliphatic hydroxyl groups excluding tert-OH is 1. The third-order valence-electron chi connectivity index (χ3n) is 3.79. The lowest BCUT2D eigenvalue weighted by Crippen LogP contribution is -2.23. The Bertz CT molecular complexity index is 727. The Morgan fingerprint density at radius 1 is 1.38 bits per heavy atom. The van der Waals surface area contributed by atoms with Gasteiger partial charge in [-0.05, 0) is 47.2 Å². The number of likely N-dealkylation sites (N-methyl/N-ethyl adjacent to an activating group) is 1. The average Bonchev–Trinajstić information content (AvgIpc) is 3.20. The Morgan fingerprint density at radius 3 is 2.95 bits per heavy atom. The zero-order chi connectivity index (χ0) is 14.6. The number of anilines is 1. The molecule has 0 spiro atoms. The molecule has 1 saturated carbocycles. The van der Waals surface area contributed by atoms with Gasteiger partial charge in [0.05, 0.1) is 11.7 Å². The van der Waals surface area contributed by atoms with Crippen LogP contribution in [-0.4, -0.2) is 38.3 Å². The van der Waals surface area contributed by atoms with E-state index in [1.807, 2.05) is 16.8 Å². The highest BCUT2D eigenvalue weighted by Gasteiger charge is 2.34. The molecule has 8 heteroatoms. The number of carbonyl (C=O) groups excluding carboxylic acids is 1. The molecule has 2 aliphatic rings. The van der Waals surface area contributed by atoms with Crippen LogP contribution in [0.4, 0.5) is 5.69 Å². The van der Waals surface area contributed by atoms with Crippen LogP contribution >= 0.6 is 11.8 Å². The van der Waals surface area contributed by atoms with Gasteiger partial charge in [0.25, 0.3) is 5.91 Å². The third kappa shape index (κ3) is 2.02. The zero-order valence-electron chi connectivity index (χ0n) is 11.3. The number of fused-ring (bicyclic) bond motifs is 1. The van der Waals surface area contributed by atoms with Crippen LogP contribution in [0, 0.1) is 0 Å². The van der Waals surface area contributed by atoms with E-state index in [0.717, 1.165) is 28.6 Å². The summed E-state index contributed by atoms with van der Waals surface area (Å²) in [5, 5.41) is 22.4. The van der Waals surface area contributed by atoms with E-state index < -0.39 is 6.10 Å². The Hall–Kier alpha value is -1.93. The molecule has 2 heterocycles. The Labute approximate surface area is 124 Å². The lowest BCUT2D eigenvalue weighted by atomic mass is 10.1. The molecule has 0 bridgehead atoms. The molecule has 1 aliphatic heterocycles. The molecule has 2 aromatic rings. The van der Waals surface area contributed by atoms with Gasteiger partial charge in [0.1, 0.15) is 0 Å². The lowest BCUT2D eigenvalue weighted by molar-refractivity contribution is -0.125. The summed E-state index contributed by atoms with van der Waals surface area (Å²) < 4.78 is 1.85. The minimum absolute atomic E-state index is 0.296. The molecule has 4 rings (SSSR count). The molecular weight excluding hydrogens is 290 g/mol. The molecule has 1 fully saturated rings. The Morgan fingerprint density at radius 2 is 2.19 bits per heavy atom. The van der Waals surface area contributed by atoms with E-state index in [1.54, 1.807) is 13.1 Å². The summed E-state index contributed by atoms with van der Waals surface area (Å²) >= 11 is 1.47. The van der Waals surface area contributed by atoms with Gasteiger partial charge in [-0.3, -0.25) is 4.79 Å². The van der Waals surface area contributed by atoms with Gasteiger partial charge in [-0.2, -0.15) is 0 Å². The summed E-state index contributed by atoms with van der Waals surface area (Å²) in [6.07, 6.45) is 1.18. The largest absolute Gasteiger partial charge is 0.378 e. The summed E-state index contributed by atoms with van der Waals surface area (Å²) in [6, 6.07) is 5.98. The third-order valence-corrected chi connectivity index (χ3v) is 4.73. The van der Waals surface area contributed by atoms with Gasteiger partial charge < -0.3 is 10.0 Å². The molecule has 1 atom stereocenters. The average molecular weight is 303 g/mol. The highest BCUT2D eigenvalue weighted by Crippen LogP contribution is 2.41. The highest BCUT2D eigenvalue weighted by molar-refractivity contribution is 7.99. The maximum atomic E-state index is 11.8. The fraction of sp³-hybridized carbons (Fsp3) is 0.385. The van der Waals surface area contributed by atoms with Crippen LogP contribution in [0.2, 0.25) is 0 Å². The van der Waals surface area contributed by atoms with Crippen molar-refractivity contribution in [3.05, 3.63) is 23.8 Å². The predicted octanol–water partition coefficient (Wildman–Crippen LogP) is 1.17. The number of tetrazole rings is 1. The van der Waals surface area contributed by atoms with Gasteiger partial charge in [-0.1, -0.05) is 6.07 Å². The summed E-state index contributed by atoms with van der Waals surface area (Å²) in [5.74, 6) is -0.296. The number of benzene rings is 1. The molecular formula is C13H13N5O2S. The quantitative estimate of drug-likeness (QED) is 0.916. The van der Waals surface area contributed by atoms with Crippen LogP contribution < -0.4 is 4.90 Å². The van der Waals surface area contributed by atoms with Crippen LogP contribution in [0.3, 0.4) is 0 Å². The van der Waals surface area contributed by atoms with E-state index in [9.17, 15) is 9.90 Å². The maximum absolute atomic E-state index is 11.8. The van der Waals surface area contributed by atoms with Crippen molar-refractivity contribution in [1.82, 2.24) is 20.2 Å². The maximum Gasteiger partial charge on any atom is 0.260 e. The molecule has 108 valence electrons. The molecule has 1 aliphatic carbocycles. The van der Waals surface area contributed by atoms with Crippen LogP contribution in [-0.2, 0) is 4.79 Å². The second kappa shape index (κ2) is 4.54. The first-order chi connectivity index (χ1) is 10.1. The van der Waals surface area contributed by atoms with Gasteiger partial charge in [-0.25, -0.2) is 4.68 Å². The van der Waals surface area contributed by atoms with Crippen molar-refractivity contribution in [3.8, 4) is 0 Å². The van der Waals surface area contributed by atoms with Crippen molar-refractivity contribution in [2.45, 2.75) is 35.0 Å². The van der Waals surface area contributed by atoms with E-state index in [-0.39, 0.29) is 5.91 Å². The minimum atomic E-state index is -1.05. The molecule has 0 radical (unpaired) electrons. The topological polar surface area (TPSA) is 84.1 Å². The van der Waals surface area contributed by atoms with Crippen molar-refractivity contribution < 1.29 is 9.90 Å². The number of amides is 1. The van der Waals surface area contributed by atoms with Crippen LogP contribution in [0.15, 0.2) is 28.3 Å². The van der Waals surface area contributed by atoms with Crippen molar-refractivity contribution in [1.29, 1.82) is 0 Å². The van der Waals surface area contributed by atoms with Gasteiger partial charge in [0.2, 0.25) is 5.16 Å². The Kier molecular flexibility index (Phi) is 2.76. The number of hydrogen-bond donors (Lipinski definition) is 1. The molecule has 1 aromatic carbocycles. The molecule has 1 unspecified atom stereocenters. The first-order valence-electron chi connectivity index (χ1n) is 6.70. The van der Waals surface area contributed by atoms with E-state index in [0.29, 0.717) is 11.6 Å². The van der Waals surface area contributed by atoms with E-state index in [4.69, 9.17) is 0 Å². The molecule has 1 N–H and O–H groups in total. The number of carbonyl (C=O) groups is 1. The molecule has 21 heavy (non-hydrogen) atoms. The number of aromatic nitrogens is 4. The predicted molar refractivity (Wildman–Crippen MR) is 75.0 cm³/mol. The smallest absolute Gasteiger partial charge is 0.260 e. The van der Waals surface area contributed by atoms with Crippen molar-refractivity contribution in [2.24, 2.45) is 0 Å². The molecule has 0 saturated heterocycles. The fourth-order valence-corrected chi connectivity index (χ4v) is 3.32. The van der Waals surface area contributed by atoms with Gasteiger partial charge in [-0.15, -0.1) is 5.10 Å². The first kappa shape index (κ1) is 12.8. The monoisotopic (exact) mass is 303 g/mol. The van der Waals surface area contributed by atoms with Gasteiger partial charge >= 0.3 is 0 Å².